The van der Waals surface area contributed by atoms with Crippen LogP contribution in [0.1, 0.15) is 27.7 Å². The maximum atomic E-state index is 12.0. The molecule has 0 spiro atoms. The van der Waals surface area contributed by atoms with E-state index < -0.39 is 0 Å². The molecule has 0 aliphatic heterocycles. The first-order chi connectivity index (χ1) is 12.5. The minimum Gasteiger partial charge on any atom is -0.368 e. The van der Waals surface area contributed by atoms with E-state index in [2.05, 4.69) is 30.7 Å². The van der Waals surface area contributed by atoms with Crippen LogP contribution in [0.25, 0.3) is 5.82 Å². The van der Waals surface area contributed by atoms with E-state index in [1.807, 2.05) is 32.9 Å². The van der Waals surface area contributed by atoms with Gasteiger partial charge in [-0.2, -0.15) is 5.10 Å². The summed E-state index contributed by atoms with van der Waals surface area (Å²) in [4.78, 5) is 24.8. The van der Waals surface area contributed by atoms with E-state index in [9.17, 15) is 4.79 Å². The number of rotatable bonds is 6. The van der Waals surface area contributed by atoms with Gasteiger partial charge >= 0.3 is 0 Å². The normalized spacial score (nSPS) is 10.6. The van der Waals surface area contributed by atoms with E-state index >= 15 is 0 Å². The first kappa shape index (κ1) is 17.5. The van der Waals surface area contributed by atoms with Crippen molar-refractivity contribution in [2.75, 3.05) is 18.4 Å². The monoisotopic (exact) mass is 351 g/mol. The SMILES string of the molecule is Cc1cc(C)n(-c2cc(NCCNC(=O)c3ccccn3)nc(C)n2)n1. The van der Waals surface area contributed by atoms with Crippen LogP contribution in [-0.4, -0.2) is 43.7 Å². The van der Waals surface area contributed by atoms with Crippen molar-refractivity contribution >= 4 is 11.7 Å². The van der Waals surface area contributed by atoms with Crippen LogP contribution in [0.2, 0.25) is 0 Å². The summed E-state index contributed by atoms with van der Waals surface area (Å²) in [5, 5.41) is 10.5. The molecular formula is C18H21N7O. The number of aromatic nitrogens is 5. The Morgan fingerprint density at radius 2 is 1.96 bits per heavy atom. The third-order valence-corrected chi connectivity index (χ3v) is 3.67. The van der Waals surface area contributed by atoms with Crippen molar-refractivity contribution in [3.63, 3.8) is 0 Å². The Morgan fingerprint density at radius 1 is 1.12 bits per heavy atom. The molecular weight excluding hydrogens is 330 g/mol. The Morgan fingerprint density at radius 3 is 2.65 bits per heavy atom. The molecule has 0 radical (unpaired) electrons. The predicted octanol–water partition coefficient (Wildman–Crippen LogP) is 1.82. The number of pyridine rings is 1. The summed E-state index contributed by atoms with van der Waals surface area (Å²) in [6, 6.07) is 9.07. The van der Waals surface area contributed by atoms with Crippen molar-refractivity contribution in [3.8, 4) is 5.82 Å². The Bertz CT molecular complexity index is 905. The van der Waals surface area contributed by atoms with Crippen LogP contribution >= 0.6 is 0 Å². The molecule has 26 heavy (non-hydrogen) atoms. The third kappa shape index (κ3) is 4.21. The zero-order valence-corrected chi connectivity index (χ0v) is 15.0. The van der Waals surface area contributed by atoms with Crippen molar-refractivity contribution in [1.82, 2.24) is 30.0 Å². The lowest BCUT2D eigenvalue weighted by molar-refractivity contribution is 0.0950. The van der Waals surface area contributed by atoms with Gasteiger partial charge in [-0.25, -0.2) is 14.6 Å². The number of amides is 1. The molecule has 1 amide bonds. The Balaban J connectivity index is 1.60. The van der Waals surface area contributed by atoms with Gasteiger partial charge in [0, 0.05) is 31.0 Å². The second-order valence-corrected chi connectivity index (χ2v) is 5.90. The van der Waals surface area contributed by atoms with E-state index in [4.69, 9.17) is 0 Å². The zero-order chi connectivity index (χ0) is 18.5. The number of aryl methyl sites for hydroxylation is 3. The van der Waals surface area contributed by atoms with Gasteiger partial charge in [0.1, 0.15) is 17.3 Å². The Labute approximate surface area is 151 Å². The summed E-state index contributed by atoms with van der Waals surface area (Å²) in [5.41, 5.74) is 2.34. The highest BCUT2D eigenvalue weighted by Crippen LogP contribution is 2.13. The quantitative estimate of drug-likeness (QED) is 0.658. The molecule has 0 unspecified atom stereocenters. The van der Waals surface area contributed by atoms with Gasteiger partial charge in [-0.3, -0.25) is 9.78 Å². The molecule has 3 heterocycles. The van der Waals surface area contributed by atoms with Crippen molar-refractivity contribution < 1.29 is 4.79 Å². The topological polar surface area (TPSA) is 97.6 Å². The molecule has 134 valence electrons. The van der Waals surface area contributed by atoms with Crippen molar-refractivity contribution in [1.29, 1.82) is 0 Å². The minimum absolute atomic E-state index is 0.199. The van der Waals surface area contributed by atoms with Crippen molar-refractivity contribution in [2.45, 2.75) is 20.8 Å². The molecule has 0 aliphatic carbocycles. The van der Waals surface area contributed by atoms with Gasteiger partial charge in [-0.05, 0) is 39.0 Å². The fourth-order valence-electron chi connectivity index (χ4n) is 2.57. The van der Waals surface area contributed by atoms with Crippen LogP contribution in [0, 0.1) is 20.8 Å². The van der Waals surface area contributed by atoms with Crippen LogP contribution in [0.15, 0.2) is 36.5 Å². The number of hydrogen-bond acceptors (Lipinski definition) is 6. The number of carbonyl (C=O) groups is 1. The fraction of sp³-hybridized carbons (Fsp3) is 0.278. The summed E-state index contributed by atoms with van der Waals surface area (Å²) >= 11 is 0. The number of hydrogen-bond donors (Lipinski definition) is 2. The molecule has 0 aliphatic rings. The van der Waals surface area contributed by atoms with E-state index in [1.165, 1.54) is 0 Å². The van der Waals surface area contributed by atoms with Gasteiger partial charge in [0.15, 0.2) is 5.82 Å². The highest BCUT2D eigenvalue weighted by atomic mass is 16.1. The van der Waals surface area contributed by atoms with Gasteiger partial charge in [0.25, 0.3) is 5.91 Å². The maximum Gasteiger partial charge on any atom is 0.269 e. The van der Waals surface area contributed by atoms with Crippen LogP contribution < -0.4 is 10.6 Å². The summed E-state index contributed by atoms with van der Waals surface area (Å²) in [6.45, 7) is 6.75. The standard InChI is InChI=1S/C18H21N7O/c1-12-10-13(2)25(24-12)17-11-16(22-14(3)23-17)20-8-9-21-18(26)15-6-4-5-7-19-15/h4-7,10-11H,8-9H2,1-3H3,(H,21,26)(H,20,22,23). The lowest BCUT2D eigenvalue weighted by atomic mass is 10.3. The highest BCUT2D eigenvalue weighted by molar-refractivity contribution is 5.92. The summed E-state index contributed by atoms with van der Waals surface area (Å²) in [7, 11) is 0. The average Bonchev–Trinajstić information content (AvgIpc) is 2.97. The van der Waals surface area contributed by atoms with Gasteiger partial charge in [-0.15, -0.1) is 0 Å². The van der Waals surface area contributed by atoms with E-state index in [-0.39, 0.29) is 5.91 Å². The van der Waals surface area contributed by atoms with Crippen molar-refractivity contribution in [2.24, 2.45) is 0 Å². The van der Waals surface area contributed by atoms with Gasteiger partial charge < -0.3 is 10.6 Å². The first-order valence-corrected chi connectivity index (χ1v) is 8.35. The Kier molecular flexibility index (Phi) is 5.21. The summed E-state index contributed by atoms with van der Waals surface area (Å²) < 4.78 is 1.79. The second-order valence-electron chi connectivity index (χ2n) is 5.90. The maximum absolute atomic E-state index is 12.0. The lowest BCUT2D eigenvalue weighted by Crippen LogP contribution is -2.29. The van der Waals surface area contributed by atoms with Crippen LogP contribution in [0.5, 0.6) is 0 Å². The second kappa shape index (κ2) is 7.73. The average molecular weight is 351 g/mol. The first-order valence-electron chi connectivity index (χ1n) is 8.35. The van der Waals surface area contributed by atoms with E-state index in [0.717, 1.165) is 11.4 Å². The number of nitrogens with zero attached hydrogens (tertiary/aromatic N) is 5. The molecule has 0 aromatic carbocycles. The van der Waals surface area contributed by atoms with Crippen LogP contribution in [-0.2, 0) is 0 Å². The largest absolute Gasteiger partial charge is 0.368 e. The van der Waals surface area contributed by atoms with Crippen LogP contribution in [0.4, 0.5) is 5.82 Å². The molecule has 3 rings (SSSR count). The third-order valence-electron chi connectivity index (χ3n) is 3.67. The molecule has 3 aromatic heterocycles. The van der Waals surface area contributed by atoms with E-state index in [0.29, 0.717) is 36.2 Å². The van der Waals surface area contributed by atoms with Crippen LogP contribution in [0.3, 0.4) is 0 Å². The summed E-state index contributed by atoms with van der Waals surface area (Å²) in [5.74, 6) is 1.85. The number of nitrogens with one attached hydrogen (secondary N) is 2. The molecule has 0 saturated carbocycles. The molecule has 3 aromatic rings. The van der Waals surface area contributed by atoms with Gasteiger partial charge in [-0.1, -0.05) is 6.07 Å². The number of carbonyl (C=O) groups excluding carboxylic acids is 1. The molecule has 0 fully saturated rings. The number of anilines is 1. The molecule has 0 bridgehead atoms. The molecule has 0 atom stereocenters. The molecule has 2 N–H and O–H groups in total. The van der Waals surface area contributed by atoms with E-state index in [1.54, 1.807) is 29.1 Å². The minimum atomic E-state index is -0.199. The molecule has 8 nitrogen and oxygen atoms in total. The zero-order valence-electron chi connectivity index (χ0n) is 15.0. The lowest BCUT2D eigenvalue weighted by Gasteiger charge is -2.10. The molecule has 8 heteroatoms. The predicted molar refractivity (Wildman–Crippen MR) is 98.4 cm³/mol. The fourth-order valence-corrected chi connectivity index (χ4v) is 2.57. The smallest absolute Gasteiger partial charge is 0.269 e. The molecule has 0 saturated heterocycles. The van der Waals surface area contributed by atoms with Gasteiger partial charge in [0.05, 0.1) is 5.69 Å². The highest BCUT2D eigenvalue weighted by Gasteiger charge is 2.09. The van der Waals surface area contributed by atoms with Gasteiger partial charge in [0.2, 0.25) is 0 Å². The van der Waals surface area contributed by atoms with Crippen molar-refractivity contribution in [3.05, 3.63) is 59.4 Å². The summed E-state index contributed by atoms with van der Waals surface area (Å²) in [6.07, 6.45) is 1.59. The Hall–Kier alpha value is -3.29.